The van der Waals surface area contributed by atoms with Crippen LogP contribution in [-0.4, -0.2) is 59.0 Å². The summed E-state index contributed by atoms with van der Waals surface area (Å²) in [4.78, 5) is 21.8. The highest BCUT2D eigenvalue weighted by Gasteiger charge is 2.46. The van der Waals surface area contributed by atoms with Gasteiger partial charge in [0.25, 0.3) is 0 Å². The van der Waals surface area contributed by atoms with Crippen LogP contribution < -0.4 is 15.4 Å². The molecular formula is C34H44N4O4. The number of hydrogen-bond acceptors (Lipinski definition) is 7. The molecule has 5 rings (SSSR count). The van der Waals surface area contributed by atoms with Gasteiger partial charge in [0.1, 0.15) is 12.2 Å². The zero-order valence-electron chi connectivity index (χ0n) is 25.2. The first kappa shape index (κ1) is 30.1. The lowest BCUT2D eigenvalue weighted by atomic mass is 9.73. The first-order chi connectivity index (χ1) is 20.1. The monoisotopic (exact) mass is 572 g/mol. The van der Waals surface area contributed by atoms with E-state index in [2.05, 4.69) is 48.5 Å². The predicted molar refractivity (Wildman–Crippen MR) is 163 cm³/mol. The molecule has 3 aromatic rings. The summed E-state index contributed by atoms with van der Waals surface area (Å²) in [5.41, 5.74) is 5.05. The highest BCUT2D eigenvalue weighted by molar-refractivity contribution is 5.77. The van der Waals surface area contributed by atoms with E-state index in [9.17, 15) is 9.90 Å². The summed E-state index contributed by atoms with van der Waals surface area (Å²) < 4.78 is 11.5. The van der Waals surface area contributed by atoms with E-state index in [0.29, 0.717) is 18.8 Å². The van der Waals surface area contributed by atoms with Gasteiger partial charge in [-0.15, -0.1) is 0 Å². The number of aliphatic hydroxyl groups excluding tert-OH is 1. The van der Waals surface area contributed by atoms with Crippen molar-refractivity contribution >= 4 is 5.91 Å². The Kier molecular flexibility index (Phi) is 9.25. The molecule has 1 aromatic carbocycles. The Morgan fingerprint density at radius 1 is 1.14 bits per heavy atom. The van der Waals surface area contributed by atoms with Gasteiger partial charge in [-0.05, 0) is 72.9 Å². The van der Waals surface area contributed by atoms with E-state index < -0.39 is 12.1 Å². The number of carbonyl (C=O) groups excluding carboxylic acids is 1. The van der Waals surface area contributed by atoms with Gasteiger partial charge in [-0.3, -0.25) is 9.78 Å². The highest BCUT2D eigenvalue weighted by Crippen LogP contribution is 2.48. The molecule has 42 heavy (non-hydrogen) atoms. The summed E-state index contributed by atoms with van der Waals surface area (Å²) in [5, 5.41) is 18.1. The van der Waals surface area contributed by atoms with E-state index in [1.54, 1.807) is 6.20 Å². The fraction of sp³-hybridized carbons (Fsp3) is 0.500. The SMILES string of the molecule is COCC(=O)NC(Cc1cccc(-c2ccccn2)c1)[C@H](O)CN[C@H]1CC2(CCC2)Oc2ncc(CC(C)(C)C)cc21. The summed E-state index contributed by atoms with van der Waals surface area (Å²) in [6.45, 7) is 6.91. The molecule has 3 heterocycles. The second-order valence-electron chi connectivity index (χ2n) is 13.1. The van der Waals surface area contributed by atoms with Gasteiger partial charge in [0, 0.05) is 49.6 Å². The van der Waals surface area contributed by atoms with Crippen LogP contribution in [0.3, 0.4) is 0 Å². The summed E-state index contributed by atoms with van der Waals surface area (Å²) >= 11 is 0. The minimum atomic E-state index is -0.835. The van der Waals surface area contributed by atoms with Gasteiger partial charge in [0.05, 0.1) is 17.8 Å². The molecule has 2 aliphatic rings. The molecule has 1 saturated carbocycles. The Hall–Kier alpha value is -3.33. The third-order valence-electron chi connectivity index (χ3n) is 8.20. The number of methoxy groups -OCH3 is 1. The van der Waals surface area contributed by atoms with Crippen molar-refractivity contribution in [3.8, 4) is 17.1 Å². The van der Waals surface area contributed by atoms with Crippen LogP contribution in [0.25, 0.3) is 11.3 Å². The lowest BCUT2D eigenvalue weighted by molar-refractivity contribution is -0.126. The summed E-state index contributed by atoms with van der Waals surface area (Å²) in [6, 6.07) is 15.6. The molecular weight excluding hydrogens is 528 g/mol. The van der Waals surface area contributed by atoms with Gasteiger partial charge >= 0.3 is 0 Å². The zero-order chi connectivity index (χ0) is 29.7. The van der Waals surface area contributed by atoms with Crippen LogP contribution in [0.2, 0.25) is 0 Å². The first-order valence-electron chi connectivity index (χ1n) is 15.0. The Labute approximate surface area is 249 Å². The molecule has 0 bridgehead atoms. The Bertz CT molecular complexity index is 1350. The van der Waals surface area contributed by atoms with Gasteiger partial charge < -0.3 is 25.2 Å². The van der Waals surface area contributed by atoms with Crippen LogP contribution in [-0.2, 0) is 22.4 Å². The number of nitrogens with one attached hydrogen (secondary N) is 2. The Morgan fingerprint density at radius 3 is 2.67 bits per heavy atom. The standard InChI is InChI=1S/C34H44N4O4/c1-33(2,3)18-24-16-26-29(19-34(12-8-13-34)42-32(26)37-20-24)36-21-30(39)28(38-31(40)22-41-4)17-23-9-7-10-25(15-23)27-11-5-6-14-35-27/h5-7,9-11,14-16,20,28-30,36,39H,8,12-13,17-19,21-22H2,1-4H3,(H,38,40)/t28?,29-,30+/m0/s1. The molecule has 1 spiro atoms. The lowest BCUT2D eigenvalue weighted by Gasteiger charge is -2.47. The molecule has 0 radical (unpaired) electrons. The summed E-state index contributed by atoms with van der Waals surface area (Å²) in [6.07, 6.45) is 8.27. The number of nitrogens with zero attached hydrogens (tertiary/aromatic N) is 2. The lowest BCUT2D eigenvalue weighted by Crippen LogP contribution is -2.52. The second-order valence-corrected chi connectivity index (χ2v) is 13.1. The Balaban J connectivity index is 1.33. The van der Waals surface area contributed by atoms with E-state index in [1.165, 1.54) is 12.7 Å². The van der Waals surface area contributed by atoms with Crippen molar-refractivity contribution in [2.24, 2.45) is 5.41 Å². The number of aliphatic hydroxyl groups is 1. The maximum absolute atomic E-state index is 12.6. The minimum absolute atomic E-state index is 0.000993. The fourth-order valence-electron chi connectivity index (χ4n) is 6.06. The van der Waals surface area contributed by atoms with Gasteiger partial charge in [0.2, 0.25) is 11.8 Å². The summed E-state index contributed by atoms with van der Waals surface area (Å²) in [5.74, 6) is 0.435. The number of rotatable bonds is 11. The number of pyridine rings is 2. The maximum atomic E-state index is 12.6. The van der Waals surface area contributed by atoms with Crippen molar-refractivity contribution in [1.82, 2.24) is 20.6 Å². The molecule has 224 valence electrons. The van der Waals surface area contributed by atoms with Crippen LogP contribution in [0.1, 0.15) is 69.2 Å². The van der Waals surface area contributed by atoms with E-state index in [-0.39, 0.29) is 29.6 Å². The van der Waals surface area contributed by atoms with Crippen LogP contribution in [0, 0.1) is 5.41 Å². The molecule has 8 nitrogen and oxygen atoms in total. The van der Waals surface area contributed by atoms with Gasteiger partial charge in [-0.25, -0.2) is 4.98 Å². The number of amides is 1. The van der Waals surface area contributed by atoms with Crippen LogP contribution in [0.4, 0.5) is 0 Å². The van der Waals surface area contributed by atoms with Gasteiger partial charge in [-0.1, -0.05) is 45.0 Å². The topological polar surface area (TPSA) is 106 Å². The first-order valence-corrected chi connectivity index (χ1v) is 15.0. The number of ether oxygens (including phenoxy) is 2. The van der Waals surface area contributed by atoms with Crippen LogP contribution >= 0.6 is 0 Å². The molecule has 3 atom stereocenters. The smallest absolute Gasteiger partial charge is 0.246 e. The van der Waals surface area contributed by atoms with E-state index >= 15 is 0 Å². The molecule has 0 saturated heterocycles. The molecule has 1 amide bonds. The highest BCUT2D eigenvalue weighted by atomic mass is 16.5. The van der Waals surface area contributed by atoms with E-state index in [1.807, 2.05) is 42.6 Å². The third-order valence-corrected chi connectivity index (χ3v) is 8.20. The van der Waals surface area contributed by atoms with E-state index in [4.69, 9.17) is 14.5 Å². The molecule has 1 unspecified atom stereocenters. The van der Waals surface area contributed by atoms with Gasteiger partial charge in [-0.2, -0.15) is 0 Å². The van der Waals surface area contributed by atoms with Crippen LogP contribution in [0.5, 0.6) is 5.88 Å². The largest absolute Gasteiger partial charge is 0.471 e. The second kappa shape index (κ2) is 12.9. The van der Waals surface area contributed by atoms with Crippen molar-refractivity contribution in [3.63, 3.8) is 0 Å². The van der Waals surface area contributed by atoms with Gasteiger partial charge in [0.15, 0.2) is 0 Å². The number of fused-ring (bicyclic) bond motifs is 1. The summed E-state index contributed by atoms with van der Waals surface area (Å²) in [7, 11) is 1.49. The van der Waals surface area contributed by atoms with Crippen molar-refractivity contribution in [3.05, 3.63) is 77.6 Å². The molecule has 1 aliphatic carbocycles. The third kappa shape index (κ3) is 7.54. The average Bonchev–Trinajstić information content (AvgIpc) is 2.94. The average molecular weight is 573 g/mol. The molecule has 1 aliphatic heterocycles. The number of hydrogen-bond donors (Lipinski definition) is 3. The zero-order valence-corrected chi connectivity index (χ0v) is 25.2. The predicted octanol–water partition coefficient (Wildman–Crippen LogP) is 4.80. The minimum Gasteiger partial charge on any atom is -0.471 e. The number of benzene rings is 1. The van der Waals surface area contributed by atoms with E-state index in [0.717, 1.165) is 54.5 Å². The molecule has 2 aromatic heterocycles. The quantitative estimate of drug-likeness (QED) is 0.303. The Morgan fingerprint density at radius 2 is 1.98 bits per heavy atom. The number of aromatic nitrogens is 2. The van der Waals surface area contributed by atoms with Crippen molar-refractivity contribution in [1.29, 1.82) is 0 Å². The van der Waals surface area contributed by atoms with Crippen molar-refractivity contribution in [2.75, 3.05) is 20.3 Å². The molecule has 3 N–H and O–H groups in total. The fourth-order valence-corrected chi connectivity index (χ4v) is 6.06. The number of carbonyl (C=O) groups is 1. The van der Waals surface area contributed by atoms with Crippen LogP contribution in [0.15, 0.2) is 60.9 Å². The van der Waals surface area contributed by atoms with Crippen molar-refractivity contribution < 1.29 is 19.4 Å². The maximum Gasteiger partial charge on any atom is 0.246 e. The molecule has 1 fully saturated rings. The molecule has 8 heteroatoms. The van der Waals surface area contributed by atoms with Crippen molar-refractivity contribution in [2.45, 2.75) is 83.1 Å². The normalized spacial score (nSPS) is 18.8.